The second kappa shape index (κ2) is 6.64. The second-order valence-electron chi connectivity index (χ2n) is 5.80. The van der Waals surface area contributed by atoms with E-state index in [0.29, 0.717) is 23.0 Å². The molecular formula is C15H22ClN3O2. The standard InChI is InChI=1S/C15H22ClN3O2/c1-15(2)10-17-6-7-19(15)9-14(20)18-12-8-11(16)4-5-13(12)21-3/h4-5,8,17H,6-7,9-10H2,1-3H3,(H,18,20). The quantitative estimate of drug-likeness (QED) is 0.892. The number of nitrogens with zero attached hydrogens (tertiary/aromatic N) is 1. The summed E-state index contributed by atoms with van der Waals surface area (Å²) in [5, 5.41) is 6.78. The highest BCUT2D eigenvalue weighted by Crippen LogP contribution is 2.27. The van der Waals surface area contributed by atoms with Crippen molar-refractivity contribution >= 4 is 23.2 Å². The Labute approximate surface area is 130 Å². The molecule has 5 nitrogen and oxygen atoms in total. The predicted octanol–water partition coefficient (Wildman–Crippen LogP) is 1.97. The molecule has 1 fully saturated rings. The zero-order chi connectivity index (χ0) is 15.5. The Kier molecular flexibility index (Phi) is 5.08. The summed E-state index contributed by atoms with van der Waals surface area (Å²) in [5.74, 6) is 0.540. The summed E-state index contributed by atoms with van der Waals surface area (Å²) in [7, 11) is 1.57. The summed E-state index contributed by atoms with van der Waals surface area (Å²) >= 11 is 5.97. The van der Waals surface area contributed by atoms with Gasteiger partial charge in [0, 0.05) is 30.2 Å². The monoisotopic (exact) mass is 311 g/mol. The van der Waals surface area contributed by atoms with Gasteiger partial charge < -0.3 is 15.4 Å². The maximum atomic E-state index is 12.3. The summed E-state index contributed by atoms with van der Waals surface area (Å²) in [4.78, 5) is 14.5. The molecule has 1 amide bonds. The molecule has 1 aromatic carbocycles. The summed E-state index contributed by atoms with van der Waals surface area (Å²) in [6.45, 7) is 7.24. The molecule has 0 spiro atoms. The van der Waals surface area contributed by atoms with Crippen LogP contribution in [0.1, 0.15) is 13.8 Å². The molecule has 1 aliphatic rings. The lowest BCUT2D eigenvalue weighted by molar-refractivity contribution is -0.119. The Morgan fingerprint density at radius 1 is 1.52 bits per heavy atom. The van der Waals surface area contributed by atoms with E-state index in [1.807, 2.05) is 0 Å². The Hall–Kier alpha value is -1.30. The van der Waals surface area contributed by atoms with Crippen LogP contribution in [0.2, 0.25) is 5.02 Å². The maximum absolute atomic E-state index is 12.3. The van der Waals surface area contributed by atoms with Gasteiger partial charge in [0.1, 0.15) is 5.75 Å². The van der Waals surface area contributed by atoms with E-state index in [0.717, 1.165) is 19.6 Å². The van der Waals surface area contributed by atoms with Gasteiger partial charge in [0.05, 0.1) is 19.3 Å². The van der Waals surface area contributed by atoms with Crippen molar-refractivity contribution < 1.29 is 9.53 Å². The van der Waals surface area contributed by atoms with Gasteiger partial charge in [-0.25, -0.2) is 0 Å². The zero-order valence-electron chi connectivity index (χ0n) is 12.7. The van der Waals surface area contributed by atoms with E-state index in [2.05, 4.69) is 29.4 Å². The van der Waals surface area contributed by atoms with Crippen LogP contribution in [-0.4, -0.2) is 49.6 Å². The average Bonchev–Trinajstić information content (AvgIpc) is 2.41. The first-order valence-electron chi connectivity index (χ1n) is 7.01. The lowest BCUT2D eigenvalue weighted by Crippen LogP contribution is -2.59. The van der Waals surface area contributed by atoms with Crippen molar-refractivity contribution in [2.75, 3.05) is 38.6 Å². The summed E-state index contributed by atoms with van der Waals surface area (Å²) in [6.07, 6.45) is 0. The third kappa shape index (κ3) is 4.09. The number of ether oxygens (including phenoxy) is 1. The molecule has 2 rings (SSSR count). The van der Waals surface area contributed by atoms with Crippen molar-refractivity contribution in [2.45, 2.75) is 19.4 Å². The molecule has 0 aliphatic carbocycles. The third-order valence-electron chi connectivity index (χ3n) is 3.74. The number of carbonyl (C=O) groups is 1. The minimum Gasteiger partial charge on any atom is -0.495 e. The summed E-state index contributed by atoms with van der Waals surface area (Å²) in [5.41, 5.74) is 0.566. The fourth-order valence-corrected chi connectivity index (χ4v) is 2.63. The number of nitrogens with one attached hydrogen (secondary N) is 2. The molecule has 1 aliphatic heterocycles. The van der Waals surface area contributed by atoms with E-state index in [4.69, 9.17) is 16.3 Å². The van der Waals surface area contributed by atoms with Gasteiger partial charge in [-0.3, -0.25) is 9.69 Å². The minimum absolute atomic E-state index is 0.0337. The van der Waals surface area contributed by atoms with Gasteiger partial charge in [0.15, 0.2) is 0 Å². The number of rotatable bonds is 4. The lowest BCUT2D eigenvalue weighted by atomic mass is 10.0. The third-order valence-corrected chi connectivity index (χ3v) is 3.98. The van der Waals surface area contributed by atoms with Crippen molar-refractivity contribution in [3.63, 3.8) is 0 Å². The molecule has 0 saturated carbocycles. The van der Waals surface area contributed by atoms with Gasteiger partial charge in [0.25, 0.3) is 0 Å². The number of anilines is 1. The number of amides is 1. The molecule has 0 aromatic heterocycles. The molecule has 0 atom stereocenters. The Bertz CT molecular complexity index is 520. The van der Waals surface area contributed by atoms with Crippen LogP contribution in [0, 0.1) is 0 Å². The number of halogens is 1. The average molecular weight is 312 g/mol. The van der Waals surface area contributed by atoms with E-state index in [9.17, 15) is 4.79 Å². The van der Waals surface area contributed by atoms with Gasteiger partial charge in [-0.05, 0) is 32.0 Å². The largest absolute Gasteiger partial charge is 0.495 e. The van der Waals surface area contributed by atoms with Crippen LogP contribution in [0.3, 0.4) is 0 Å². The fraction of sp³-hybridized carbons (Fsp3) is 0.533. The molecule has 1 aromatic rings. The highest BCUT2D eigenvalue weighted by atomic mass is 35.5. The summed E-state index contributed by atoms with van der Waals surface area (Å²) in [6, 6.07) is 5.17. The van der Waals surface area contributed by atoms with E-state index in [-0.39, 0.29) is 11.4 Å². The Balaban J connectivity index is 2.03. The van der Waals surface area contributed by atoms with Gasteiger partial charge in [-0.2, -0.15) is 0 Å². The smallest absolute Gasteiger partial charge is 0.238 e. The van der Waals surface area contributed by atoms with Gasteiger partial charge in [-0.15, -0.1) is 0 Å². The van der Waals surface area contributed by atoms with Crippen molar-refractivity contribution in [1.29, 1.82) is 0 Å². The molecule has 1 saturated heterocycles. The predicted molar refractivity (Wildman–Crippen MR) is 85.2 cm³/mol. The molecule has 116 valence electrons. The topological polar surface area (TPSA) is 53.6 Å². The van der Waals surface area contributed by atoms with E-state index < -0.39 is 0 Å². The van der Waals surface area contributed by atoms with Crippen LogP contribution in [-0.2, 0) is 4.79 Å². The van der Waals surface area contributed by atoms with Crippen LogP contribution in [0.25, 0.3) is 0 Å². The minimum atomic E-state index is -0.0643. The second-order valence-corrected chi connectivity index (χ2v) is 6.24. The Morgan fingerprint density at radius 3 is 2.95 bits per heavy atom. The Morgan fingerprint density at radius 2 is 2.29 bits per heavy atom. The van der Waals surface area contributed by atoms with Crippen molar-refractivity contribution in [2.24, 2.45) is 0 Å². The highest BCUT2D eigenvalue weighted by molar-refractivity contribution is 6.31. The van der Waals surface area contributed by atoms with Crippen molar-refractivity contribution in [3.05, 3.63) is 23.2 Å². The molecule has 0 unspecified atom stereocenters. The first-order valence-corrected chi connectivity index (χ1v) is 7.39. The van der Waals surface area contributed by atoms with Crippen LogP contribution >= 0.6 is 11.6 Å². The number of methoxy groups -OCH3 is 1. The van der Waals surface area contributed by atoms with Gasteiger partial charge >= 0.3 is 0 Å². The van der Waals surface area contributed by atoms with Gasteiger partial charge in [0.2, 0.25) is 5.91 Å². The molecular weight excluding hydrogens is 290 g/mol. The SMILES string of the molecule is COc1ccc(Cl)cc1NC(=O)CN1CCNCC1(C)C. The lowest BCUT2D eigenvalue weighted by Gasteiger charge is -2.42. The van der Waals surface area contributed by atoms with Crippen LogP contribution in [0.4, 0.5) is 5.69 Å². The first kappa shape index (κ1) is 16.1. The zero-order valence-corrected chi connectivity index (χ0v) is 13.5. The number of hydrogen-bond donors (Lipinski definition) is 2. The van der Waals surface area contributed by atoms with Crippen LogP contribution in [0.15, 0.2) is 18.2 Å². The van der Waals surface area contributed by atoms with Gasteiger partial charge in [-0.1, -0.05) is 11.6 Å². The normalized spacial score (nSPS) is 18.3. The summed E-state index contributed by atoms with van der Waals surface area (Å²) < 4.78 is 5.24. The van der Waals surface area contributed by atoms with Crippen molar-refractivity contribution in [1.82, 2.24) is 10.2 Å². The maximum Gasteiger partial charge on any atom is 0.238 e. The van der Waals surface area contributed by atoms with Crippen LogP contribution < -0.4 is 15.4 Å². The molecule has 2 N–H and O–H groups in total. The molecule has 1 heterocycles. The highest BCUT2D eigenvalue weighted by Gasteiger charge is 2.30. The molecule has 21 heavy (non-hydrogen) atoms. The van der Waals surface area contributed by atoms with E-state index in [1.54, 1.807) is 25.3 Å². The first-order chi connectivity index (χ1) is 9.92. The number of hydrogen-bond acceptors (Lipinski definition) is 4. The number of benzene rings is 1. The molecule has 6 heteroatoms. The van der Waals surface area contributed by atoms with Crippen LogP contribution in [0.5, 0.6) is 5.75 Å². The number of piperazine rings is 1. The molecule has 0 bridgehead atoms. The van der Waals surface area contributed by atoms with Crippen molar-refractivity contribution in [3.8, 4) is 5.75 Å². The molecule has 0 radical (unpaired) electrons. The van der Waals surface area contributed by atoms with E-state index >= 15 is 0 Å². The van der Waals surface area contributed by atoms with E-state index in [1.165, 1.54) is 0 Å². The number of carbonyl (C=O) groups excluding carboxylic acids is 1. The fourth-order valence-electron chi connectivity index (χ4n) is 2.46.